The van der Waals surface area contributed by atoms with Crippen LogP contribution in [0.5, 0.6) is 0 Å². The third kappa shape index (κ3) is 2.85. The predicted molar refractivity (Wildman–Crippen MR) is 50.5 cm³/mol. The molecule has 0 bridgehead atoms. The van der Waals surface area contributed by atoms with Crippen LogP contribution in [0.1, 0.15) is 46.0 Å². The molecule has 0 amide bonds. The molecule has 1 fully saturated rings. The van der Waals surface area contributed by atoms with Gasteiger partial charge in [0.2, 0.25) is 0 Å². The summed E-state index contributed by atoms with van der Waals surface area (Å²) in [6.45, 7) is 4.64. The van der Waals surface area contributed by atoms with Gasteiger partial charge < -0.3 is 0 Å². The van der Waals surface area contributed by atoms with Crippen molar-refractivity contribution in [2.75, 3.05) is 0 Å². The van der Waals surface area contributed by atoms with Gasteiger partial charge in [-0.15, -0.1) is 0 Å². The van der Waals surface area contributed by atoms with Crippen LogP contribution in [0.2, 0.25) is 0 Å². The summed E-state index contributed by atoms with van der Waals surface area (Å²) < 4.78 is 0. The van der Waals surface area contributed by atoms with Crippen molar-refractivity contribution in [3.8, 4) is 6.07 Å². The lowest BCUT2D eigenvalue weighted by molar-refractivity contribution is 0.381. The molecule has 0 aromatic carbocycles. The SMILES string of the molecule is CC1CCC(C)CC(CC#N)C1. The van der Waals surface area contributed by atoms with Crippen molar-refractivity contribution in [1.29, 1.82) is 5.26 Å². The highest BCUT2D eigenvalue weighted by atomic mass is 14.3. The van der Waals surface area contributed by atoms with E-state index in [4.69, 9.17) is 5.26 Å². The van der Waals surface area contributed by atoms with E-state index in [-0.39, 0.29) is 0 Å². The van der Waals surface area contributed by atoms with Gasteiger partial charge in [0.05, 0.1) is 6.07 Å². The highest BCUT2D eigenvalue weighted by Crippen LogP contribution is 2.32. The van der Waals surface area contributed by atoms with E-state index in [9.17, 15) is 0 Å². The summed E-state index contributed by atoms with van der Waals surface area (Å²) in [7, 11) is 0. The van der Waals surface area contributed by atoms with Crippen LogP contribution < -0.4 is 0 Å². The number of nitriles is 1. The Balaban J connectivity index is 2.45. The lowest BCUT2D eigenvalue weighted by atomic mass is 9.90. The Morgan fingerprint density at radius 2 is 1.67 bits per heavy atom. The molecule has 0 N–H and O–H groups in total. The topological polar surface area (TPSA) is 23.8 Å². The third-order valence-electron chi connectivity index (χ3n) is 3.00. The molecule has 12 heavy (non-hydrogen) atoms. The van der Waals surface area contributed by atoms with Gasteiger partial charge in [-0.1, -0.05) is 26.7 Å². The van der Waals surface area contributed by atoms with Gasteiger partial charge in [-0.25, -0.2) is 0 Å². The molecule has 2 unspecified atom stereocenters. The molecule has 0 aromatic rings. The van der Waals surface area contributed by atoms with Gasteiger partial charge in [0.25, 0.3) is 0 Å². The van der Waals surface area contributed by atoms with Crippen LogP contribution in [-0.2, 0) is 0 Å². The van der Waals surface area contributed by atoms with Crippen molar-refractivity contribution >= 4 is 0 Å². The largest absolute Gasteiger partial charge is 0.198 e. The molecule has 0 aliphatic heterocycles. The standard InChI is InChI=1S/C11H19N/c1-9-3-4-10(2)8-11(7-9)5-6-12/h9-11H,3-5,7-8H2,1-2H3. The van der Waals surface area contributed by atoms with E-state index in [1.165, 1.54) is 25.7 Å². The maximum absolute atomic E-state index is 8.63. The van der Waals surface area contributed by atoms with Crippen molar-refractivity contribution in [3.63, 3.8) is 0 Å². The van der Waals surface area contributed by atoms with Gasteiger partial charge in [0.15, 0.2) is 0 Å². The Hall–Kier alpha value is -0.510. The minimum absolute atomic E-state index is 0.683. The molecule has 0 radical (unpaired) electrons. The van der Waals surface area contributed by atoms with E-state index in [2.05, 4.69) is 19.9 Å². The molecule has 1 aliphatic rings. The molecule has 1 saturated carbocycles. The summed E-state index contributed by atoms with van der Waals surface area (Å²) in [5.74, 6) is 2.36. The summed E-state index contributed by atoms with van der Waals surface area (Å²) in [6.07, 6.45) is 6.05. The fourth-order valence-corrected chi connectivity index (χ4v) is 2.33. The van der Waals surface area contributed by atoms with Crippen molar-refractivity contribution in [2.45, 2.75) is 46.0 Å². The average molecular weight is 165 g/mol. The molecule has 1 nitrogen and oxygen atoms in total. The summed E-state index contributed by atoms with van der Waals surface area (Å²) >= 11 is 0. The third-order valence-corrected chi connectivity index (χ3v) is 3.00. The second-order valence-electron chi connectivity index (χ2n) is 4.49. The number of rotatable bonds is 1. The minimum atomic E-state index is 0.683. The highest BCUT2D eigenvalue weighted by Gasteiger charge is 2.20. The first-order valence-electron chi connectivity index (χ1n) is 5.09. The molecule has 0 spiro atoms. The van der Waals surface area contributed by atoms with Crippen molar-refractivity contribution in [2.24, 2.45) is 17.8 Å². The summed E-state index contributed by atoms with van der Waals surface area (Å²) in [5, 5.41) is 8.63. The second-order valence-corrected chi connectivity index (χ2v) is 4.49. The monoisotopic (exact) mass is 165 g/mol. The summed E-state index contributed by atoms with van der Waals surface area (Å²) in [5.41, 5.74) is 0. The Kier molecular flexibility index (Phi) is 3.59. The second kappa shape index (κ2) is 4.50. The van der Waals surface area contributed by atoms with E-state index >= 15 is 0 Å². The quantitative estimate of drug-likeness (QED) is 0.546. The van der Waals surface area contributed by atoms with E-state index in [0.29, 0.717) is 5.92 Å². The van der Waals surface area contributed by atoms with Crippen LogP contribution in [0.15, 0.2) is 0 Å². The van der Waals surface area contributed by atoms with Gasteiger partial charge in [-0.3, -0.25) is 0 Å². The van der Waals surface area contributed by atoms with E-state index < -0.39 is 0 Å². The van der Waals surface area contributed by atoms with Crippen LogP contribution in [0, 0.1) is 29.1 Å². The van der Waals surface area contributed by atoms with Gasteiger partial charge in [-0.05, 0) is 30.6 Å². The Labute approximate surface area is 75.8 Å². The van der Waals surface area contributed by atoms with Gasteiger partial charge >= 0.3 is 0 Å². The van der Waals surface area contributed by atoms with Gasteiger partial charge in [-0.2, -0.15) is 5.26 Å². The zero-order valence-electron chi connectivity index (χ0n) is 8.21. The van der Waals surface area contributed by atoms with Crippen LogP contribution in [0.3, 0.4) is 0 Å². The molecule has 1 rings (SSSR count). The maximum atomic E-state index is 8.63. The first-order chi connectivity index (χ1) is 5.72. The summed E-state index contributed by atoms with van der Waals surface area (Å²) in [6, 6.07) is 2.31. The molecule has 2 atom stereocenters. The Morgan fingerprint density at radius 3 is 2.08 bits per heavy atom. The molecule has 0 saturated heterocycles. The number of hydrogen-bond donors (Lipinski definition) is 0. The van der Waals surface area contributed by atoms with Gasteiger partial charge in [0.1, 0.15) is 0 Å². The van der Waals surface area contributed by atoms with Crippen LogP contribution in [0.25, 0.3) is 0 Å². The molecule has 0 heterocycles. The fourth-order valence-electron chi connectivity index (χ4n) is 2.33. The molecule has 0 aromatic heterocycles. The van der Waals surface area contributed by atoms with Gasteiger partial charge in [0, 0.05) is 6.42 Å². The zero-order valence-corrected chi connectivity index (χ0v) is 8.21. The first-order valence-corrected chi connectivity index (χ1v) is 5.09. The first kappa shape index (κ1) is 9.58. The smallest absolute Gasteiger partial charge is 0.0624 e. The average Bonchev–Trinajstić information content (AvgIpc) is 2.14. The lowest BCUT2D eigenvalue weighted by Gasteiger charge is -2.14. The van der Waals surface area contributed by atoms with Crippen molar-refractivity contribution in [3.05, 3.63) is 0 Å². The summed E-state index contributed by atoms with van der Waals surface area (Å²) in [4.78, 5) is 0. The molecule has 1 heteroatoms. The van der Waals surface area contributed by atoms with Crippen LogP contribution >= 0.6 is 0 Å². The fraction of sp³-hybridized carbons (Fsp3) is 0.909. The number of nitrogens with zero attached hydrogens (tertiary/aromatic N) is 1. The zero-order chi connectivity index (χ0) is 8.97. The molecule has 68 valence electrons. The van der Waals surface area contributed by atoms with Crippen molar-refractivity contribution < 1.29 is 0 Å². The predicted octanol–water partition coefficient (Wildman–Crippen LogP) is 3.36. The number of hydrogen-bond acceptors (Lipinski definition) is 1. The minimum Gasteiger partial charge on any atom is -0.198 e. The van der Waals surface area contributed by atoms with Crippen LogP contribution in [-0.4, -0.2) is 0 Å². The Bertz CT molecular complexity index is 156. The van der Waals surface area contributed by atoms with E-state index in [1.807, 2.05) is 0 Å². The van der Waals surface area contributed by atoms with Crippen LogP contribution in [0.4, 0.5) is 0 Å². The molecular formula is C11H19N. The molecule has 1 aliphatic carbocycles. The maximum Gasteiger partial charge on any atom is 0.0624 e. The van der Waals surface area contributed by atoms with Crippen molar-refractivity contribution in [1.82, 2.24) is 0 Å². The lowest BCUT2D eigenvalue weighted by Crippen LogP contribution is -2.04. The van der Waals surface area contributed by atoms with E-state index in [1.54, 1.807) is 0 Å². The highest BCUT2D eigenvalue weighted by molar-refractivity contribution is 4.80. The van der Waals surface area contributed by atoms with E-state index in [0.717, 1.165) is 18.3 Å². The molecular weight excluding hydrogens is 146 g/mol. The normalized spacial score (nSPS) is 36.9. The Morgan fingerprint density at radius 1 is 1.17 bits per heavy atom.